The van der Waals surface area contributed by atoms with Crippen LogP contribution in [-0.2, 0) is 0 Å². The average Bonchev–Trinajstić information content (AvgIpc) is 2.62. The molecule has 0 saturated carbocycles. The maximum atomic E-state index is 13.5. The maximum Gasteiger partial charge on any atom is 0.150 e. The minimum atomic E-state index is -0.407. The Labute approximate surface area is 106 Å². The molecule has 1 aromatic rings. The molecule has 1 unspecified atom stereocenters. The highest BCUT2D eigenvalue weighted by molar-refractivity contribution is 5.77. The summed E-state index contributed by atoms with van der Waals surface area (Å²) in [4.78, 5) is 12.8. The van der Waals surface area contributed by atoms with Crippen molar-refractivity contribution in [2.24, 2.45) is 0 Å². The first-order valence-corrected chi connectivity index (χ1v) is 6.38. The van der Waals surface area contributed by atoms with E-state index in [1.54, 1.807) is 6.07 Å². The lowest BCUT2D eigenvalue weighted by molar-refractivity contribution is 0.112. The minimum Gasteiger partial charge on any atom is -0.394 e. The van der Waals surface area contributed by atoms with Gasteiger partial charge in [-0.3, -0.25) is 4.79 Å². The molecule has 1 N–H and O–H groups in total. The number of hydrogen-bond acceptors (Lipinski definition) is 3. The minimum absolute atomic E-state index is 0.0220. The number of aliphatic hydroxyl groups excluding tert-OH is 1. The highest BCUT2D eigenvalue weighted by Crippen LogP contribution is 2.25. The topological polar surface area (TPSA) is 40.5 Å². The molecule has 2 rings (SSSR count). The first-order valence-electron chi connectivity index (χ1n) is 6.38. The number of carbonyl (C=O) groups is 1. The molecule has 0 spiro atoms. The molecule has 0 amide bonds. The molecule has 0 radical (unpaired) electrons. The number of aldehydes is 1. The van der Waals surface area contributed by atoms with E-state index in [4.69, 9.17) is 0 Å². The van der Waals surface area contributed by atoms with Crippen molar-refractivity contribution in [1.29, 1.82) is 0 Å². The van der Waals surface area contributed by atoms with Gasteiger partial charge in [-0.05, 0) is 31.0 Å². The van der Waals surface area contributed by atoms with Gasteiger partial charge in [0.25, 0.3) is 0 Å². The fourth-order valence-corrected chi connectivity index (χ4v) is 2.54. The summed E-state index contributed by atoms with van der Waals surface area (Å²) in [6.07, 6.45) is 4.80. The fourth-order valence-electron chi connectivity index (χ4n) is 2.54. The van der Waals surface area contributed by atoms with E-state index in [2.05, 4.69) is 0 Å². The van der Waals surface area contributed by atoms with Crippen LogP contribution in [0.15, 0.2) is 18.2 Å². The molecule has 0 aliphatic carbocycles. The van der Waals surface area contributed by atoms with Gasteiger partial charge in [0.2, 0.25) is 0 Å². The normalized spacial score (nSPS) is 20.6. The SMILES string of the molecule is O=Cc1cc(F)cc(N2CCCCCC2CO)c1. The lowest BCUT2D eigenvalue weighted by atomic mass is 10.1. The molecule has 4 heteroatoms. The van der Waals surface area contributed by atoms with Gasteiger partial charge >= 0.3 is 0 Å². The van der Waals surface area contributed by atoms with Gasteiger partial charge in [0, 0.05) is 17.8 Å². The number of anilines is 1. The summed E-state index contributed by atoms with van der Waals surface area (Å²) >= 11 is 0. The number of nitrogens with zero attached hydrogens (tertiary/aromatic N) is 1. The number of rotatable bonds is 3. The van der Waals surface area contributed by atoms with E-state index in [1.165, 1.54) is 12.1 Å². The molecule has 1 heterocycles. The second-order valence-electron chi connectivity index (χ2n) is 4.74. The first kappa shape index (κ1) is 13.0. The standard InChI is InChI=1S/C14H18FNO2/c15-12-6-11(9-17)7-14(8-12)16-5-3-1-2-4-13(16)10-18/h6-9,13,18H,1-5,10H2. The van der Waals surface area contributed by atoms with Gasteiger partial charge in [-0.25, -0.2) is 4.39 Å². The van der Waals surface area contributed by atoms with E-state index >= 15 is 0 Å². The molecule has 1 atom stereocenters. The van der Waals surface area contributed by atoms with Crippen LogP contribution in [0.1, 0.15) is 36.0 Å². The Hall–Kier alpha value is -1.42. The second kappa shape index (κ2) is 5.96. The van der Waals surface area contributed by atoms with Crippen LogP contribution in [0.2, 0.25) is 0 Å². The Bertz CT molecular complexity index is 422. The summed E-state index contributed by atoms with van der Waals surface area (Å²) < 4.78 is 13.5. The summed E-state index contributed by atoms with van der Waals surface area (Å²) in [6.45, 7) is 0.861. The highest BCUT2D eigenvalue weighted by atomic mass is 19.1. The van der Waals surface area contributed by atoms with Gasteiger partial charge in [0.15, 0.2) is 0 Å². The van der Waals surface area contributed by atoms with Crippen molar-refractivity contribution in [1.82, 2.24) is 0 Å². The molecule has 1 aliphatic heterocycles. The predicted molar refractivity (Wildman–Crippen MR) is 68.5 cm³/mol. The van der Waals surface area contributed by atoms with E-state index in [0.29, 0.717) is 17.5 Å². The van der Waals surface area contributed by atoms with Crippen LogP contribution >= 0.6 is 0 Å². The Morgan fingerprint density at radius 1 is 1.33 bits per heavy atom. The third-order valence-corrected chi connectivity index (χ3v) is 3.46. The van der Waals surface area contributed by atoms with E-state index in [-0.39, 0.29) is 12.6 Å². The Morgan fingerprint density at radius 3 is 2.89 bits per heavy atom. The summed E-state index contributed by atoms with van der Waals surface area (Å²) in [5, 5.41) is 9.44. The molecule has 1 fully saturated rings. The highest BCUT2D eigenvalue weighted by Gasteiger charge is 2.21. The monoisotopic (exact) mass is 251 g/mol. The van der Waals surface area contributed by atoms with Gasteiger partial charge < -0.3 is 10.0 Å². The molecule has 18 heavy (non-hydrogen) atoms. The fraction of sp³-hybridized carbons (Fsp3) is 0.500. The number of carbonyl (C=O) groups excluding carboxylic acids is 1. The van der Waals surface area contributed by atoms with E-state index in [9.17, 15) is 14.3 Å². The van der Waals surface area contributed by atoms with Crippen molar-refractivity contribution in [3.63, 3.8) is 0 Å². The van der Waals surface area contributed by atoms with Crippen molar-refractivity contribution in [3.8, 4) is 0 Å². The number of halogens is 1. The van der Waals surface area contributed by atoms with Crippen molar-refractivity contribution in [2.75, 3.05) is 18.1 Å². The smallest absolute Gasteiger partial charge is 0.150 e. The zero-order valence-corrected chi connectivity index (χ0v) is 10.3. The summed E-state index contributed by atoms with van der Waals surface area (Å²) in [5.41, 5.74) is 1.03. The molecule has 0 bridgehead atoms. The molecule has 98 valence electrons. The Kier molecular flexibility index (Phi) is 4.31. The zero-order valence-electron chi connectivity index (χ0n) is 10.3. The molecule has 1 saturated heterocycles. The molecule has 0 aromatic heterocycles. The van der Waals surface area contributed by atoms with E-state index in [1.807, 2.05) is 4.90 Å². The predicted octanol–water partition coefficient (Wildman–Crippen LogP) is 2.38. The Balaban J connectivity index is 2.31. The Morgan fingerprint density at radius 2 is 2.17 bits per heavy atom. The van der Waals surface area contributed by atoms with Crippen LogP contribution in [0.3, 0.4) is 0 Å². The van der Waals surface area contributed by atoms with Gasteiger partial charge in [0.05, 0.1) is 12.6 Å². The lowest BCUT2D eigenvalue weighted by Crippen LogP contribution is -2.37. The summed E-state index contributed by atoms with van der Waals surface area (Å²) in [5.74, 6) is -0.407. The van der Waals surface area contributed by atoms with Crippen molar-refractivity contribution >= 4 is 12.0 Å². The van der Waals surface area contributed by atoms with Crippen LogP contribution in [0.4, 0.5) is 10.1 Å². The van der Waals surface area contributed by atoms with Crippen LogP contribution in [0, 0.1) is 5.82 Å². The number of benzene rings is 1. The second-order valence-corrected chi connectivity index (χ2v) is 4.74. The molecule has 1 aromatic carbocycles. The van der Waals surface area contributed by atoms with Gasteiger partial charge in [-0.15, -0.1) is 0 Å². The zero-order chi connectivity index (χ0) is 13.0. The third-order valence-electron chi connectivity index (χ3n) is 3.46. The van der Waals surface area contributed by atoms with Crippen LogP contribution < -0.4 is 4.90 Å². The van der Waals surface area contributed by atoms with Gasteiger partial charge in [-0.2, -0.15) is 0 Å². The summed E-state index contributed by atoms with van der Waals surface area (Å²) in [6, 6.07) is 4.36. The number of aliphatic hydroxyl groups is 1. The van der Waals surface area contributed by atoms with E-state index < -0.39 is 5.82 Å². The van der Waals surface area contributed by atoms with Crippen molar-refractivity contribution in [2.45, 2.75) is 31.7 Å². The summed E-state index contributed by atoms with van der Waals surface area (Å²) in [7, 11) is 0. The lowest BCUT2D eigenvalue weighted by Gasteiger charge is -2.31. The average molecular weight is 251 g/mol. The molecule has 1 aliphatic rings. The maximum absolute atomic E-state index is 13.5. The van der Waals surface area contributed by atoms with Gasteiger partial charge in [-0.1, -0.05) is 12.8 Å². The van der Waals surface area contributed by atoms with Crippen molar-refractivity contribution < 1.29 is 14.3 Å². The van der Waals surface area contributed by atoms with E-state index in [0.717, 1.165) is 32.2 Å². The largest absolute Gasteiger partial charge is 0.394 e. The van der Waals surface area contributed by atoms with Crippen LogP contribution in [-0.4, -0.2) is 30.6 Å². The van der Waals surface area contributed by atoms with Crippen LogP contribution in [0.5, 0.6) is 0 Å². The first-order chi connectivity index (χ1) is 8.74. The molecular formula is C14H18FNO2. The number of hydrogen-bond donors (Lipinski definition) is 1. The quantitative estimate of drug-likeness (QED) is 0.838. The molecular weight excluding hydrogens is 233 g/mol. The van der Waals surface area contributed by atoms with Crippen LogP contribution in [0.25, 0.3) is 0 Å². The molecule has 3 nitrogen and oxygen atoms in total. The van der Waals surface area contributed by atoms with Crippen molar-refractivity contribution in [3.05, 3.63) is 29.6 Å². The third kappa shape index (κ3) is 2.88. The van der Waals surface area contributed by atoms with Gasteiger partial charge in [0.1, 0.15) is 12.1 Å².